The van der Waals surface area contributed by atoms with Crippen molar-refractivity contribution in [1.82, 2.24) is 9.38 Å². The van der Waals surface area contributed by atoms with Crippen molar-refractivity contribution in [1.29, 1.82) is 0 Å². The molecule has 0 saturated heterocycles. The second-order valence-corrected chi connectivity index (χ2v) is 17.1. The van der Waals surface area contributed by atoms with E-state index in [4.69, 9.17) is 4.98 Å². The zero-order chi connectivity index (χ0) is 36.5. The second-order valence-electron chi connectivity index (χ2n) is 14.3. The van der Waals surface area contributed by atoms with Gasteiger partial charge in [0.25, 0.3) is 0 Å². The van der Waals surface area contributed by atoms with Crippen LogP contribution in [0.25, 0.3) is 82.2 Å². The van der Waals surface area contributed by atoms with Gasteiger partial charge in [0, 0.05) is 26.7 Å². The van der Waals surface area contributed by atoms with E-state index in [2.05, 4.69) is 132 Å². The van der Waals surface area contributed by atoms with Crippen LogP contribution in [-0.2, 0) is 4.57 Å². The molecule has 258 valence electrons. The summed E-state index contributed by atoms with van der Waals surface area (Å²) in [6.45, 7) is 0. The maximum atomic E-state index is 14.9. The summed E-state index contributed by atoms with van der Waals surface area (Å²) in [6.07, 6.45) is 0. The molecule has 0 radical (unpaired) electrons. The zero-order valence-electron chi connectivity index (χ0n) is 29.8. The smallest absolute Gasteiger partial charge is 0.171 e. The van der Waals surface area contributed by atoms with E-state index in [1.54, 1.807) is 0 Å². The van der Waals surface area contributed by atoms with E-state index >= 15 is 0 Å². The third-order valence-corrected chi connectivity index (χ3v) is 14.3. The molecule has 0 atom stereocenters. The van der Waals surface area contributed by atoms with Crippen LogP contribution in [0.2, 0.25) is 0 Å². The van der Waals surface area contributed by atoms with Crippen molar-refractivity contribution in [2.75, 3.05) is 0 Å². The van der Waals surface area contributed by atoms with Gasteiger partial charge in [-0.25, -0.2) is 4.98 Å². The van der Waals surface area contributed by atoms with Crippen LogP contribution >= 0.6 is 7.14 Å². The van der Waals surface area contributed by atoms with Crippen LogP contribution in [0.5, 0.6) is 0 Å². The first kappa shape index (κ1) is 31.7. The Morgan fingerprint density at radius 1 is 0.382 bits per heavy atom. The summed E-state index contributed by atoms with van der Waals surface area (Å²) in [5.74, 6) is 0. The summed E-state index contributed by atoms with van der Waals surface area (Å²) in [6, 6.07) is 69.7. The molecule has 11 aromatic rings. The molecule has 0 aliphatic carbocycles. The summed E-state index contributed by atoms with van der Waals surface area (Å²) in [5, 5.41) is 11.0. The number of aromatic nitrogens is 2. The molecule has 4 heteroatoms. The number of rotatable bonds is 5. The lowest BCUT2D eigenvalue weighted by Gasteiger charge is -2.20. The number of fused-ring (bicyclic) bond motifs is 11. The van der Waals surface area contributed by atoms with Crippen molar-refractivity contribution < 1.29 is 4.57 Å². The van der Waals surface area contributed by atoms with Crippen LogP contribution in [0.1, 0.15) is 0 Å². The maximum absolute atomic E-state index is 14.9. The highest BCUT2D eigenvalue weighted by molar-refractivity contribution is 7.85. The van der Waals surface area contributed by atoms with Crippen LogP contribution in [0, 0.1) is 0 Å². The molecular weight excluding hydrogens is 688 g/mol. The van der Waals surface area contributed by atoms with Crippen LogP contribution in [0.3, 0.4) is 0 Å². The number of pyridine rings is 1. The van der Waals surface area contributed by atoms with Gasteiger partial charge in [0.05, 0.1) is 16.6 Å². The summed E-state index contributed by atoms with van der Waals surface area (Å²) in [5.41, 5.74) is 8.64. The van der Waals surface area contributed by atoms with Gasteiger partial charge in [-0.15, -0.1) is 0 Å². The van der Waals surface area contributed by atoms with E-state index in [9.17, 15) is 4.57 Å². The standard InChI is InChI=1S/C51H33N2OP/c54-55(41-14-3-1-4-15-41,42-16-5-2-6-17-42)43-27-23-35(24-28-43)34-19-21-36(22-20-34)40-26-30-47-49(33-40)53-48-32-39-13-8-7-12-38(39)31-46(48)45-29-25-37-11-9-10-18-44(37)50(45)51(53)52-47/h1-33H. The Hall–Kier alpha value is -6.80. The third-order valence-electron chi connectivity index (χ3n) is 11.2. The molecule has 0 amide bonds. The topological polar surface area (TPSA) is 34.4 Å². The van der Waals surface area contributed by atoms with Gasteiger partial charge in [0.2, 0.25) is 0 Å². The van der Waals surface area contributed by atoms with Crippen molar-refractivity contribution in [2.24, 2.45) is 0 Å². The highest BCUT2D eigenvalue weighted by Gasteiger charge is 2.29. The van der Waals surface area contributed by atoms with E-state index < -0.39 is 7.14 Å². The number of benzene rings is 9. The van der Waals surface area contributed by atoms with Crippen LogP contribution < -0.4 is 15.9 Å². The fraction of sp³-hybridized carbons (Fsp3) is 0. The summed E-state index contributed by atoms with van der Waals surface area (Å²) in [4.78, 5) is 5.32. The van der Waals surface area contributed by atoms with Crippen molar-refractivity contribution in [3.63, 3.8) is 0 Å². The van der Waals surface area contributed by atoms with Gasteiger partial charge in [-0.2, -0.15) is 0 Å². The molecular formula is C51H33N2OP. The molecule has 0 aliphatic rings. The predicted molar refractivity (Wildman–Crippen MR) is 233 cm³/mol. The normalized spacial score (nSPS) is 12.1. The molecule has 2 heterocycles. The Morgan fingerprint density at radius 2 is 0.909 bits per heavy atom. The molecule has 0 saturated carbocycles. The van der Waals surface area contributed by atoms with Gasteiger partial charge >= 0.3 is 0 Å². The molecule has 0 unspecified atom stereocenters. The van der Waals surface area contributed by atoms with Gasteiger partial charge < -0.3 is 4.57 Å². The number of hydrogen-bond donors (Lipinski definition) is 0. The second kappa shape index (κ2) is 12.4. The molecule has 2 aromatic heterocycles. The minimum Gasteiger partial charge on any atom is -0.309 e. The fourth-order valence-electron chi connectivity index (χ4n) is 8.47. The first-order valence-electron chi connectivity index (χ1n) is 18.6. The summed E-state index contributed by atoms with van der Waals surface area (Å²) >= 11 is 0. The van der Waals surface area contributed by atoms with Crippen molar-refractivity contribution in [2.45, 2.75) is 0 Å². The molecule has 0 N–H and O–H groups in total. The summed E-state index contributed by atoms with van der Waals surface area (Å²) in [7, 11) is -3.03. The van der Waals surface area contributed by atoms with E-state index in [1.807, 2.05) is 72.8 Å². The highest BCUT2D eigenvalue weighted by atomic mass is 31.2. The van der Waals surface area contributed by atoms with Gasteiger partial charge in [-0.05, 0) is 73.5 Å². The molecule has 11 rings (SSSR count). The number of imidazole rings is 1. The van der Waals surface area contributed by atoms with Crippen molar-refractivity contribution in [3.05, 3.63) is 200 Å². The lowest BCUT2D eigenvalue weighted by Crippen LogP contribution is -2.24. The first-order chi connectivity index (χ1) is 27.1. The lowest BCUT2D eigenvalue weighted by molar-refractivity contribution is 0.592. The van der Waals surface area contributed by atoms with E-state index in [0.717, 1.165) is 60.4 Å². The maximum Gasteiger partial charge on any atom is 0.171 e. The van der Waals surface area contributed by atoms with Crippen LogP contribution in [-0.4, -0.2) is 9.38 Å². The molecule has 3 nitrogen and oxygen atoms in total. The van der Waals surface area contributed by atoms with Crippen LogP contribution in [0.15, 0.2) is 200 Å². The number of hydrogen-bond acceptors (Lipinski definition) is 2. The minimum atomic E-state index is -3.03. The SMILES string of the molecule is O=P(c1ccccc1)(c1ccccc1)c1ccc(-c2ccc(-c3ccc4nc5c6c7ccccc7ccc6c6cc7ccccc7cc6n5c4c3)cc2)cc1. The predicted octanol–water partition coefficient (Wildman–Crippen LogP) is 12.1. The van der Waals surface area contributed by atoms with E-state index in [0.29, 0.717) is 0 Å². The zero-order valence-corrected chi connectivity index (χ0v) is 30.7. The van der Waals surface area contributed by atoms with Gasteiger partial charge in [0.15, 0.2) is 7.14 Å². The van der Waals surface area contributed by atoms with E-state index in [-0.39, 0.29) is 0 Å². The Morgan fingerprint density at radius 3 is 1.58 bits per heavy atom. The molecule has 0 aliphatic heterocycles. The van der Waals surface area contributed by atoms with Crippen LogP contribution in [0.4, 0.5) is 0 Å². The average molecular weight is 721 g/mol. The van der Waals surface area contributed by atoms with Gasteiger partial charge in [0.1, 0.15) is 5.65 Å². The Bertz CT molecular complexity index is 3270. The molecule has 9 aromatic carbocycles. The minimum absolute atomic E-state index is 0.827. The lowest BCUT2D eigenvalue weighted by atomic mass is 9.97. The fourth-order valence-corrected chi connectivity index (χ4v) is 11.1. The monoisotopic (exact) mass is 720 g/mol. The Labute approximate surface area is 318 Å². The largest absolute Gasteiger partial charge is 0.309 e. The van der Waals surface area contributed by atoms with Crippen molar-refractivity contribution in [3.8, 4) is 22.3 Å². The number of nitrogens with zero attached hydrogens (tertiary/aromatic N) is 2. The average Bonchev–Trinajstić information content (AvgIpc) is 3.65. The Balaban J connectivity index is 1.02. The highest BCUT2D eigenvalue weighted by Crippen LogP contribution is 2.43. The van der Waals surface area contributed by atoms with Gasteiger partial charge in [-0.1, -0.05) is 176 Å². The molecule has 55 heavy (non-hydrogen) atoms. The first-order valence-corrected chi connectivity index (χ1v) is 20.4. The van der Waals surface area contributed by atoms with Crippen molar-refractivity contribution >= 4 is 83.0 Å². The Kier molecular flexibility index (Phi) is 7.14. The quantitative estimate of drug-likeness (QED) is 0.101. The molecule has 0 bridgehead atoms. The molecule has 0 spiro atoms. The summed E-state index contributed by atoms with van der Waals surface area (Å²) < 4.78 is 17.2. The third kappa shape index (κ3) is 4.98. The van der Waals surface area contributed by atoms with Gasteiger partial charge in [-0.3, -0.25) is 4.40 Å². The van der Waals surface area contributed by atoms with E-state index in [1.165, 1.54) is 37.7 Å². The molecule has 0 fully saturated rings.